The summed E-state index contributed by atoms with van der Waals surface area (Å²) in [6.45, 7) is 1.96. The van der Waals surface area contributed by atoms with Crippen LogP contribution in [0.25, 0.3) is 0 Å². The number of hydrogen-bond acceptors (Lipinski definition) is 4. The standard InChI is InChI=1S/C20H28F2N2O4S/c21-17-6-5-16(11-18(17)22)28-20-10-15-13-24(12-14(15)9-19(20)25)29(26,27)23-7-3-1-2-4-8-23/h5-6,11,14-15,19-20,25H,1-4,7-10,12-13H2/t14-,15+,19+,20+/m0/s1. The lowest BCUT2D eigenvalue weighted by molar-refractivity contribution is -0.0233. The van der Waals surface area contributed by atoms with Crippen LogP contribution in [0.15, 0.2) is 18.2 Å². The highest BCUT2D eigenvalue weighted by atomic mass is 32.2. The van der Waals surface area contributed by atoms with Crippen molar-refractivity contribution in [3.63, 3.8) is 0 Å². The van der Waals surface area contributed by atoms with Gasteiger partial charge in [-0.05, 0) is 49.7 Å². The molecule has 0 radical (unpaired) electrons. The molecule has 1 aromatic rings. The highest BCUT2D eigenvalue weighted by Crippen LogP contribution is 2.39. The van der Waals surface area contributed by atoms with E-state index < -0.39 is 34.1 Å². The van der Waals surface area contributed by atoms with Crippen molar-refractivity contribution in [2.75, 3.05) is 26.2 Å². The van der Waals surface area contributed by atoms with Gasteiger partial charge in [-0.2, -0.15) is 17.0 Å². The highest BCUT2D eigenvalue weighted by Gasteiger charge is 2.46. The number of hydrogen-bond donors (Lipinski definition) is 1. The van der Waals surface area contributed by atoms with Crippen molar-refractivity contribution in [2.45, 2.75) is 50.7 Å². The quantitative estimate of drug-likeness (QED) is 0.797. The van der Waals surface area contributed by atoms with Crippen molar-refractivity contribution in [3.8, 4) is 5.75 Å². The van der Waals surface area contributed by atoms with Gasteiger partial charge in [0.15, 0.2) is 11.6 Å². The first-order chi connectivity index (χ1) is 13.8. The summed E-state index contributed by atoms with van der Waals surface area (Å²) in [5, 5.41) is 10.5. The molecule has 4 atom stereocenters. The highest BCUT2D eigenvalue weighted by molar-refractivity contribution is 7.86. The van der Waals surface area contributed by atoms with Gasteiger partial charge in [0, 0.05) is 32.2 Å². The van der Waals surface area contributed by atoms with Crippen molar-refractivity contribution in [3.05, 3.63) is 29.8 Å². The molecule has 0 aromatic heterocycles. The Labute approximate surface area is 170 Å². The maximum atomic E-state index is 13.4. The van der Waals surface area contributed by atoms with Gasteiger partial charge in [0.25, 0.3) is 10.2 Å². The smallest absolute Gasteiger partial charge is 0.281 e. The van der Waals surface area contributed by atoms with Crippen LogP contribution in [-0.4, -0.2) is 60.5 Å². The molecule has 4 rings (SSSR count). The van der Waals surface area contributed by atoms with Crippen molar-refractivity contribution in [2.24, 2.45) is 11.8 Å². The van der Waals surface area contributed by atoms with E-state index >= 15 is 0 Å². The third-order valence-corrected chi connectivity index (χ3v) is 8.42. The molecule has 3 aliphatic rings. The van der Waals surface area contributed by atoms with Crippen LogP contribution in [0, 0.1) is 23.5 Å². The van der Waals surface area contributed by atoms with E-state index in [0.29, 0.717) is 39.0 Å². The maximum absolute atomic E-state index is 13.4. The Bertz CT molecular complexity index is 830. The van der Waals surface area contributed by atoms with Gasteiger partial charge in [-0.1, -0.05) is 12.8 Å². The maximum Gasteiger partial charge on any atom is 0.281 e. The summed E-state index contributed by atoms with van der Waals surface area (Å²) in [7, 11) is -3.49. The molecule has 3 fully saturated rings. The van der Waals surface area contributed by atoms with Crippen LogP contribution in [0.5, 0.6) is 5.75 Å². The van der Waals surface area contributed by atoms with Crippen molar-refractivity contribution >= 4 is 10.2 Å². The molecule has 162 valence electrons. The van der Waals surface area contributed by atoms with Crippen LogP contribution >= 0.6 is 0 Å². The topological polar surface area (TPSA) is 70.1 Å². The van der Waals surface area contributed by atoms with Crippen molar-refractivity contribution in [1.82, 2.24) is 8.61 Å². The molecule has 29 heavy (non-hydrogen) atoms. The minimum atomic E-state index is -3.49. The molecule has 1 N–H and O–H groups in total. The first-order valence-electron chi connectivity index (χ1n) is 10.4. The van der Waals surface area contributed by atoms with Gasteiger partial charge in [0.2, 0.25) is 0 Å². The van der Waals surface area contributed by atoms with E-state index in [1.807, 2.05) is 0 Å². The van der Waals surface area contributed by atoms with E-state index in [-0.39, 0.29) is 17.6 Å². The fourth-order valence-electron chi connectivity index (χ4n) is 4.82. The van der Waals surface area contributed by atoms with E-state index in [1.54, 1.807) is 8.61 Å². The number of halogens is 2. The molecule has 0 spiro atoms. The molecule has 9 heteroatoms. The Morgan fingerprint density at radius 1 is 0.931 bits per heavy atom. The molecule has 2 heterocycles. The average molecular weight is 431 g/mol. The number of aliphatic hydroxyl groups is 1. The molecule has 1 aliphatic carbocycles. The molecule has 0 unspecified atom stereocenters. The van der Waals surface area contributed by atoms with Gasteiger partial charge >= 0.3 is 0 Å². The fraction of sp³-hybridized carbons (Fsp3) is 0.700. The number of rotatable bonds is 4. The van der Waals surface area contributed by atoms with Crippen LogP contribution in [-0.2, 0) is 10.2 Å². The molecule has 6 nitrogen and oxygen atoms in total. The normalized spacial score (nSPS) is 32.0. The summed E-state index contributed by atoms with van der Waals surface area (Å²) >= 11 is 0. The summed E-state index contributed by atoms with van der Waals surface area (Å²) in [6.07, 6.45) is 3.49. The first-order valence-corrected chi connectivity index (χ1v) is 11.8. The summed E-state index contributed by atoms with van der Waals surface area (Å²) in [5.41, 5.74) is 0. The second-order valence-electron chi connectivity index (χ2n) is 8.43. The molecule has 0 bridgehead atoms. The summed E-state index contributed by atoms with van der Waals surface area (Å²) < 4.78 is 61.6. The van der Waals surface area contributed by atoms with Crippen LogP contribution in [0.2, 0.25) is 0 Å². The van der Waals surface area contributed by atoms with Crippen LogP contribution < -0.4 is 4.74 Å². The third kappa shape index (κ3) is 4.42. The number of fused-ring (bicyclic) bond motifs is 1. The summed E-state index contributed by atoms with van der Waals surface area (Å²) in [5.74, 6) is -1.63. The average Bonchev–Trinajstić information content (AvgIpc) is 2.90. The molecular formula is C20H28F2N2O4S. The zero-order chi connectivity index (χ0) is 20.6. The van der Waals surface area contributed by atoms with E-state index in [1.165, 1.54) is 6.07 Å². The molecular weight excluding hydrogens is 402 g/mol. The van der Waals surface area contributed by atoms with Gasteiger partial charge in [-0.3, -0.25) is 0 Å². The number of nitrogens with zero attached hydrogens (tertiary/aromatic N) is 2. The Morgan fingerprint density at radius 3 is 2.24 bits per heavy atom. The lowest BCUT2D eigenvalue weighted by Gasteiger charge is -2.35. The summed E-state index contributed by atoms with van der Waals surface area (Å²) in [6, 6.07) is 3.30. The van der Waals surface area contributed by atoms with E-state index in [4.69, 9.17) is 4.74 Å². The Kier molecular flexibility index (Phi) is 6.11. The zero-order valence-electron chi connectivity index (χ0n) is 16.3. The van der Waals surface area contributed by atoms with Gasteiger partial charge < -0.3 is 9.84 Å². The zero-order valence-corrected chi connectivity index (χ0v) is 17.2. The first kappa shape index (κ1) is 21.0. The second kappa shape index (κ2) is 8.45. The van der Waals surface area contributed by atoms with Crippen LogP contribution in [0.4, 0.5) is 8.78 Å². The molecule has 0 amide bonds. The predicted molar refractivity (Wildman–Crippen MR) is 104 cm³/mol. The molecule has 2 aliphatic heterocycles. The lowest BCUT2D eigenvalue weighted by atomic mass is 9.78. The molecule has 2 saturated heterocycles. The van der Waals surface area contributed by atoms with Gasteiger partial charge in [0.05, 0.1) is 6.10 Å². The van der Waals surface area contributed by atoms with Crippen molar-refractivity contribution < 1.29 is 27.0 Å². The molecule has 1 saturated carbocycles. The van der Waals surface area contributed by atoms with Gasteiger partial charge in [-0.15, -0.1) is 0 Å². The Hall–Kier alpha value is -1.29. The predicted octanol–water partition coefficient (Wildman–Crippen LogP) is 2.54. The van der Waals surface area contributed by atoms with Crippen LogP contribution in [0.3, 0.4) is 0 Å². The van der Waals surface area contributed by atoms with Crippen LogP contribution in [0.1, 0.15) is 38.5 Å². The van der Waals surface area contributed by atoms with Gasteiger partial charge in [-0.25, -0.2) is 8.78 Å². The fourth-order valence-corrected chi connectivity index (χ4v) is 6.63. The van der Waals surface area contributed by atoms with E-state index in [2.05, 4.69) is 0 Å². The van der Waals surface area contributed by atoms with E-state index in [9.17, 15) is 22.3 Å². The Balaban J connectivity index is 1.42. The lowest BCUT2D eigenvalue weighted by Crippen LogP contribution is -2.43. The number of benzene rings is 1. The van der Waals surface area contributed by atoms with Crippen molar-refractivity contribution in [1.29, 1.82) is 0 Å². The Morgan fingerprint density at radius 2 is 1.59 bits per heavy atom. The molecule has 1 aromatic carbocycles. The third-order valence-electron chi connectivity index (χ3n) is 6.45. The minimum absolute atomic E-state index is 0.0791. The summed E-state index contributed by atoms with van der Waals surface area (Å²) in [4.78, 5) is 0. The number of aliphatic hydroxyl groups excluding tert-OH is 1. The van der Waals surface area contributed by atoms with Gasteiger partial charge in [0.1, 0.15) is 11.9 Å². The van der Waals surface area contributed by atoms with E-state index in [0.717, 1.165) is 37.8 Å². The monoisotopic (exact) mass is 430 g/mol. The second-order valence-corrected chi connectivity index (χ2v) is 10.4. The minimum Gasteiger partial charge on any atom is -0.488 e. The largest absolute Gasteiger partial charge is 0.488 e. The number of ether oxygens (including phenoxy) is 1. The SMILES string of the molecule is O=S(=O)(N1CCCCCC1)N1C[C@H]2C[C@@H](Oc3ccc(F)c(F)c3)[C@H](O)C[C@H]2C1.